The zero-order valence-electron chi connectivity index (χ0n) is 30.1. The van der Waals surface area contributed by atoms with Gasteiger partial charge < -0.3 is 18.9 Å². The van der Waals surface area contributed by atoms with Gasteiger partial charge in [-0.3, -0.25) is 0 Å². The topological polar surface area (TPSA) is 88.1 Å². The third-order valence-corrected chi connectivity index (χ3v) is 8.47. The van der Waals surface area contributed by atoms with Gasteiger partial charge in [-0.1, -0.05) is 90.9 Å². The second-order valence-electron chi connectivity index (χ2n) is 12.8. The molecular formula is C41H51F3O7. The highest BCUT2D eigenvalue weighted by Crippen LogP contribution is 2.28. The number of carbonyl (C=O) groups excluding carboxylic acids is 3. The van der Waals surface area contributed by atoms with Crippen LogP contribution in [0.3, 0.4) is 0 Å². The van der Waals surface area contributed by atoms with Gasteiger partial charge in [-0.2, -0.15) is 4.39 Å². The average molecular weight is 713 g/mol. The summed E-state index contributed by atoms with van der Waals surface area (Å²) >= 11 is 0. The van der Waals surface area contributed by atoms with Crippen molar-refractivity contribution in [1.29, 1.82) is 0 Å². The van der Waals surface area contributed by atoms with Crippen LogP contribution in [0.4, 0.5) is 13.2 Å². The summed E-state index contributed by atoms with van der Waals surface area (Å²) in [4.78, 5) is 38.0. The van der Waals surface area contributed by atoms with Gasteiger partial charge in [-0.25, -0.2) is 23.2 Å². The molecule has 0 N–H and O–H groups in total. The molecule has 0 fully saturated rings. The van der Waals surface area contributed by atoms with E-state index in [4.69, 9.17) is 18.9 Å². The summed E-state index contributed by atoms with van der Waals surface area (Å²) in [5.41, 5.74) is -0.709. The minimum atomic E-state index is -1.97. The molecule has 0 amide bonds. The van der Waals surface area contributed by atoms with E-state index in [1.807, 2.05) is 0 Å². The van der Waals surface area contributed by atoms with Crippen molar-refractivity contribution in [1.82, 2.24) is 0 Å². The molecule has 0 bridgehead atoms. The van der Waals surface area contributed by atoms with E-state index in [2.05, 4.69) is 13.8 Å². The van der Waals surface area contributed by atoms with Gasteiger partial charge in [0.05, 0.1) is 23.8 Å². The van der Waals surface area contributed by atoms with Crippen molar-refractivity contribution in [3.8, 4) is 17.2 Å². The van der Waals surface area contributed by atoms with Gasteiger partial charge in [0.1, 0.15) is 17.1 Å². The van der Waals surface area contributed by atoms with E-state index in [0.29, 0.717) is 30.4 Å². The van der Waals surface area contributed by atoms with E-state index in [9.17, 15) is 27.6 Å². The van der Waals surface area contributed by atoms with Crippen molar-refractivity contribution in [3.05, 3.63) is 88.7 Å². The molecule has 0 saturated heterocycles. The number of rotatable bonds is 23. The number of hydrogen-bond acceptors (Lipinski definition) is 7. The molecule has 278 valence electrons. The van der Waals surface area contributed by atoms with Crippen LogP contribution in [0, 0.1) is 17.5 Å². The largest absolute Gasteiger partial charge is 0.494 e. The van der Waals surface area contributed by atoms with E-state index < -0.39 is 52.8 Å². The first-order valence-corrected chi connectivity index (χ1v) is 18.3. The number of carbonyl (C=O) groups is 3. The Balaban J connectivity index is 1.47. The minimum absolute atomic E-state index is 0.104. The molecule has 0 aliphatic carbocycles. The quantitative estimate of drug-likeness (QED) is 0.0418. The van der Waals surface area contributed by atoms with Crippen molar-refractivity contribution in [2.45, 2.75) is 123 Å². The molecule has 51 heavy (non-hydrogen) atoms. The van der Waals surface area contributed by atoms with Crippen molar-refractivity contribution >= 4 is 17.9 Å². The maximum Gasteiger partial charge on any atom is 0.343 e. The second kappa shape index (κ2) is 22.5. The van der Waals surface area contributed by atoms with Crippen molar-refractivity contribution in [3.63, 3.8) is 0 Å². The molecule has 0 aliphatic heterocycles. The van der Waals surface area contributed by atoms with Gasteiger partial charge in [0.15, 0.2) is 17.4 Å². The Bertz CT molecular complexity index is 1520. The first-order valence-electron chi connectivity index (χ1n) is 18.3. The Morgan fingerprint density at radius 1 is 0.569 bits per heavy atom. The van der Waals surface area contributed by atoms with Gasteiger partial charge >= 0.3 is 17.9 Å². The van der Waals surface area contributed by atoms with E-state index in [-0.39, 0.29) is 11.3 Å². The van der Waals surface area contributed by atoms with Gasteiger partial charge in [0.25, 0.3) is 0 Å². The Hall–Kier alpha value is -4.34. The summed E-state index contributed by atoms with van der Waals surface area (Å²) in [6.45, 7) is 6.51. The smallest absolute Gasteiger partial charge is 0.343 e. The van der Waals surface area contributed by atoms with E-state index in [0.717, 1.165) is 38.5 Å². The molecule has 3 aromatic carbocycles. The minimum Gasteiger partial charge on any atom is -0.494 e. The Morgan fingerprint density at radius 2 is 1.06 bits per heavy atom. The number of esters is 3. The van der Waals surface area contributed by atoms with Gasteiger partial charge in [0.2, 0.25) is 5.82 Å². The molecule has 0 spiro atoms. The normalized spacial score (nSPS) is 11.6. The maximum atomic E-state index is 14.5. The fraction of sp³-hybridized carbons (Fsp3) is 0.488. The van der Waals surface area contributed by atoms with Gasteiger partial charge in [0, 0.05) is 6.07 Å². The summed E-state index contributed by atoms with van der Waals surface area (Å²) in [5, 5.41) is 0. The van der Waals surface area contributed by atoms with Crippen LogP contribution in [0.15, 0.2) is 54.6 Å². The molecule has 0 heterocycles. The van der Waals surface area contributed by atoms with Crippen LogP contribution in [-0.2, 0) is 4.74 Å². The molecule has 0 unspecified atom stereocenters. The molecule has 10 heteroatoms. The molecule has 3 rings (SSSR count). The number of hydrogen-bond donors (Lipinski definition) is 0. The summed E-state index contributed by atoms with van der Waals surface area (Å²) in [5.74, 6) is -8.65. The lowest BCUT2D eigenvalue weighted by atomic mass is 10.1. The van der Waals surface area contributed by atoms with Crippen molar-refractivity contribution in [2.75, 3.05) is 6.61 Å². The first-order chi connectivity index (χ1) is 24.6. The van der Waals surface area contributed by atoms with Crippen LogP contribution in [-0.4, -0.2) is 30.6 Å². The second-order valence-corrected chi connectivity index (χ2v) is 12.8. The van der Waals surface area contributed by atoms with Crippen molar-refractivity contribution < 1.29 is 46.5 Å². The molecule has 7 nitrogen and oxygen atoms in total. The lowest BCUT2D eigenvalue weighted by Crippen LogP contribution is -2.18. The predicted molar refractivity (Wildman–Crippen MR) is 190 cm³/mol. The first kappa shape index (κ1) is 41.1. The average Bonchev–Trinajstić information content (AvgIpc) is 3.13. The monoisotopic (exact) mass is 712 g/mol. The molecule has 0 saturated carbocycles. The highest BCUT2D eigenvalue weighted by Gasteiger charge is 2.27. The summed E-state index contributed by atoms with van der Waals surface area (Å²) in [6, 6.07) is 12.3. The van der Waals surface area contributed by atoms with Gasteiger partial charge in [-0.15, -0.1) is 0 Å². The molecule has 0 aromatic heterocycles. The Labute approximate surface area is 299 Å². The fourth-order valence-corrected chi connectivity index (χ4v) is 5.42. The number of benzene rings is 3. The summed E-state index contributed by atoms with van der Waals surface area (Å²) < 4.78 is 64.8. The number of halogens is 3. The SMILES string of the molecule is CCCCCCCCCCCCOc1ccc(C(=O)Oc2ccc(C(=O)Oc3cc(C(=O)O[C@@H](C)CCCCCC)c(F)c(F)c3F)cc2)cc1. The van der Waals surface area contributed by atoms with Crippen LogP contribution >= 0.6 is 0 Å². The van der Waals surface area contributed by atoms with E-state index >= 15 is 0 Å². The molecule has 1 atom stereocenters. The molecule has 0 aliphatic rings. The van der Waals surface area contributed by atoms with Crippen LogP contribution < -0.4 is 14.2 Å². The summed E-state index contributed by atoms with van der Waals surface area (Å²) in [7, 11) is 0. The summed E-state index contributed by atoms with van der Waals surface area (Å²) in [6.07, 6.45) is 16.1. The number of unbranched alkanes of at least 4 members (excludes halogenated alkanes) is 12. The highest BCUT2D eigenvalue weighted by molar-refractivity contribution is 5.94. The van der Waals surface area contributed by atoms with E-state index in [1.54, 1.807) is 31.2 Å². The highest BCUT2D eigenvalue weighted by atomic mass is 19.2. The fourth-order valence-electron chi connectivity index (χ4n) is 5.42. The molecule has 0 radical (unpaired) electrons. The third-order valence-electron chi connectivity index (χ3n) is 8.47. The zero-order valence-corrected chi connectivity index (χ0v) is 30.1. The Morgan fingerprint density at radius 3 is 1.63 bits per heavy atom. The number of ether oxygens (including phenoxy) is 4. The molecular weight excluding hydrogens is 661 g/mol. The van der Waals surface area contributed by atoms with Crippen LogP contribution in [0.25, 0.3) is 0 Å². The van der Waals surface area contributed by atoms with Crippen LogP contribution in [0.2, 0.25) is 0 Å². The van der Waals surface area contributed by atoms with Crippen LogP contribution in [0.5, 0.6) is 17.2 Å². The predicted octanol–water partition coefficient (Wildman–Crippen LogP) is 11.4. The van der Waals surface area contributed by atoms with Crippen molar-refractivity contribution in [2.24, 2.45) is 0 Å². The third kappa shape index (κ3) is 14.1. The maximum absolute atomic E-state index is 14.5. The lowest BCUT2D eigenvalue weighted by Gasteiger charge is -2.15. The Kier molecular flexibility index (Phi) is 18.1. The zero-order chi connectivity index (χ0) is 37.0. The standard InChI is InChI=1S/C41H51F3O7/c1-4-6-8-10-11-12-13-14-15-17-27-48-32-23-19-30(20-24-32)39(45)50-33-25-21-31(22-26-33)40(46)51-35-28-34(36(42)38(44)37(35)43)41(47)49-29(3)18-16-9-7-5-2/h19-26,28-29H,4-18,27H2,1-3H3/t29-/m0/s1. The van der Waals surface area contributed by atoms with Crippen LogP contribution in [0.1, 0.15) is 148 Å². The van der Waals surface area contributed by atoms with E-state index in [1.165, 1.54) is 75.6 Å². The lowest BCUT2D eigenvalue weighted by molar-refractivity contribution is 0.0311. The van der Waals surface area contributed by atoms with Gasteiger partial charge in [-0.05, 0) is 74.7 Å². The molecule has 3 aromatic rings.